The van der Waals surface area contributed by atoms with E-state index in [1.54, 1.807) is 20.4 Å². The zero-order valence-corrected chi connectivity index (χ0v) is 17.9. The van der Waals surface area contributed by atoms with Crippen molar-refractivity contribution in [1.82, 2.24) is 14.6 Å². The van der Waals surface area contributed by atoms with Crippen LogP contribution >= 0.6 is 0 Å². The number of hydrogen-bond donors (Lipinski definition) is 0. The summed E-state index contributed by atoms with van der Waals surface area (Å²) in [6.45, 7) is 8.49. The number of aromatic nitrogens is 3. The molecule has 0 radical (unpaired) electrons. The second kappa shape index (κ2) is 6.87. The third-order valence-corrected chi connectivity index (χ3v) is 5.58. The molecule has 0 spiro atoms. The molecule has 6 nitrogen and oxygen atoms in total. The molecule has 1 aliphatic rings. The summed E-state index contributed by atoms with van der Waals surface area (Å²) in [7, 11) is 3.25. The van der Waals surface area contributed by atoms with Crippen LogP contribution in [0.3, 0.4) is 0 Å². The van der Waals surface area contributed by atoms with Gasteiger partial charge >= 0.3 is 0 Å². The van der Waals surface area contributed by atoms with Crippen molar-refractivity contribution in [3.05, 3.63) is 41.3 Å². The summed E-state index contributed by atoms with van der Waals surface area (Å²) in [6.07, 6.45) is 3.05. The Morgan fingerprint density at radius 1 is 1.10 bits per heavy atom. The zero-order valence-electron chi connectivity index (χ0n) is 17.9. The van der Waals surface area contributed by atoms with Crippen LogP contribution in [-0.4, -0.2) is 34.6 Å². The average molecular weight is 393 g/mol. The molecule has 0 saturated heterocycles. The SMILES string of the molecule is COc1ccc(-c2c(C(C)C)nn3c4c(cnc23)C(=O)CC(C)(C)C4)cc1OC. The van der Waals surface area contributed by atoms with Crippen molar-refractivity contribution >= 4 is 11.4 Å². The van der Waals surface area contributed by atoms with Crippen molar-refractivity contribution in [3.8, 4) is 22.6 Å². The maximum atomic E-state index is 12.7. The van der Waals surface area contributed by atoms with E-state index in [0.717, 1.165) is 34.6 Å². The highest BCUT2D eigenvalue weighted by molar-refractivity contribution is 5.99. The number of fused-ring (bicyclic) bond motifs is 3. The van der Waals surface area contributed by atoms with Crippen LogP contribution in [0.1, 0.15) is 61.8 Å². The molecule has 0 atom stereocenters. The van der Waals surface area contributed by atoms with E-state index in [9.17, 15) is 4.79 Å². The molecular weight excluding hydrogens is 366 g/mol. The number of hydrogen-bond acceptors (Lipinski definition) is 5. The van der Waals surface area contributed by atoms with Gasteiger partial charge in [0.05, 0.1) is 36.7 Å². The highest BCUT2D eigenvalue weighted by atomic mass is 16.5. The van der Waals surface area contributed by atoms with Crippen molar-refractivity contribution in [1.29, 1.82) is 0 Å². The van der Waals surface area contributed by atoms with Crippen molar-refractivity contribution in [2.24, 2.45) is 5.41 Å². The maximum Gasteiger partial charge on any atom is 0.166 e. The van der Waals surface area contributed by atoms with Gasteiger partial charge in [0, 0.05) is 12.6 Å². The van der Waals surface area contributed by atoms with Crippen LogP contribution < -0.4 is 9.47 Å². The first-order chi connectivity index (χ1) is 13.8. The molecule has 152 valence electrons. The van der Waals surface area contributed by atoms with Gasteiger partial charge in [0.25, 0.3) is 0 Å². The Balaban J connectivity index is 2.00. The Labute approximate surface area is 170 Å². The summed E-state index contributed by atoms with van der Waals surface area (Å²) < 4.78 is 12.8. The van der Waals surface area contributed by atoms with E-state index in [2.05, 4.69) is 32.7 Å². The Bertz CT molecular complexity index is 1110. The molecule has 2 heterocycles. The molecule has 4 rings (SSSR count). The molecule has 0 fully saturated rings. The average Bonchev–Trinajstić information content (AvgIpc) is 3.07. The monoisotopic (exact) mass is 393 g/mol. The molecule has 29 heavy (non-hydrogen) atoms. The Morgan fingerprint density at radius 2 is 1.83 bits per heavy atom. The predicted octanol–water partition coefficient (Wildman–Crippen LogP) is 4.69. The summed E-state index contributed by atoms with van der Waals surface area (Å²) in [5.74, 6) is 1.67. The Kier molecular flexibility index (Phi) is 4.60. The number of methoxy groups -OCH3 is 2. The van der Waals surface area contributed by atoms with E-state index in [1.165, 1.54) is 0 Å². The lowest BCUT2D eigenvalue weighted by Gasteiger charge is -2.29. The summed E-state index contributed by atoms with van der Waals surface area (Å²) in [6, 6.07) is 5.85. The first kappa shape index (κ1) is 19.4. The molecular formula is C23H27N3O3. The number of nitrogens with zero attached hydrogens (tertiary/aromatic N) is 3. The number of benzene rings is 1. The summed E-state index contributed by atoms with van der Waals surface area (Å²) in [4.78, 5) is 17.4. The van der Waals surface area contributed by atoms with E-state index >= 15 is 0 Å². The molecule has 0 aliphatic heterocycles. The van der Waals surface area contributed by atoms with Gasteiger partial charge in [-0.15, -0.1) is 0 Å². The van der Waals surface area contributed by atoms with E-state index in [-0.39, 0.29) is 17.1 Å². The molecule has 6 heteroatoms. The predicted molar refractivity (Wildman–Crippen MR) is 112 cm³/mol. The van der Waals surface area contributed by atoms with Crippen LogP contribution in [0.5, 0.6) is 11.5 Å². The minimum atomic E-state index is -0.0915. The largest absolute Gasteiger partial charge is 0.493 e. The summed E-state index contributed by atoms with van der Waals surface area (Å²) >= 11 is 0. The number of Topliss-reactive ketones (excluding diaryl/α,β-unsaturated/α-hetero) is 1. The fourth-order valence-electron chi connectivity index (χ4n) is 4.17. The number of rotatable bonds is 4. The van der Waals surface area contributed by atoms with Crippen LogP contribution in [0, 0.1) is 5.41 Å². The van der Waals surface area contributed by atoms with Gasteiger partial charge in [-0.1, -0.05) is 33.8 Å². The molecule has 0 unspecified atom stereocenters. The van der Waals surface area contributed by atoms with E-state index < -0.39 is 0 Å². The first-order valence-electron chi connectivity index (χ1n) is 9.92. The third-order valence-electron chi connectivity index (χ3n) is 5.58. The van der Waals surface area contributed by atoms with Gasteiger partial charge < -0.3 is 9.47 Å². The second-order valence-electron chi connectivity index (χ2n) is 8.78. The van der Waals surface area contributed by atoms with Crippen LogP contribution in [0.4, 0.5) is 0 Å². The van der Waals surface area contributed by atoms with E-state index in [1.807, 2.05) is 22.7 Å². The highest BCUT2D eigenvalue weighted by Gasteiger charge is 2.34. The third kappa shape index (κ3) is 3.16. The van der Waals surface area contributed by atoms with Crippen LogP contribution in [0.2, 0.25) is 0 Å². The second-order valence-corrected chi connectivity index (χ2v) is 8.78. The molecule has 1 aliphatic carbocycles. The van der Waals surface area contributed by atoms with Crippen molar-refractivity contribution < 1.29 is 14.3 Å². The number of carbonyl (C=O) groups excluding carboxylic acids is 1. The van der Waals surface area contributed by atoms with Crippen LogP contribution in [0.25, 0.3) is 16.8 Å². The summed E-state index contributed by atoms with van der Waals surface area (Å²) in [5.41, 5.74) is 5.21. The fraction of sp³-hybridized carbons (Fsp3) is 0.435. The molecule has 3 aromatic rings. The lowest BCUT2D eigenvalue weighted by molar-refractivity contribution is 0.0908. The smallest absolute Gasteiger partial charge is 0.166 e. The number of ether oxygens (including phenoxy) is 2. The molecule has 0 N–H and O–H groups in total. The first-order valence-corrected chi connectivity index (χ1v) is 9.92. The van der Waals surface area contributed by atoms with Gasteiger partial charge in [0.1, 0.15) is 0 Å². The minimum absolute atomic E-state index is 0.0915. The van der Waals surface area contributed by atoms with E-state index in [0.29, 0.717) is 23.5 Å². The van der Waals surface area contributed by atoms with Gasteiger partial charge in [-0.3, -0.25) is 4.79 Å². The van der Waals surface area contributed by atoms with Crippen molar-refractivity contribution in [2.45, 2.75) is 46.5 Å². The summed E-state index contributed by atoms with van der Waals surface area (Å²) in [5, 5.41) is 4.93. The number of carbonyl (C=O) groups is 1. The molecule has 2 aromatic heterocycles. The molecule has 0 amide bonds. The molecule has 1 aromatic carbocycles. The van der Waals surface area contributed by atoms with Gasteiger partial charge in [-0.05, 0) is 35.4 Å². The van der Waals surface area contributed by atoms with Crippen LogP contribution in [0.15, 0.2) is 24.4 Å². The molecule has 0 saturated carbocycles. The highest BCUT2D eigenvalue weighted by Crippen LogP contribution is 2.40. The van der Waals surface area contributed by atoms with Gasteiger partial charge in [0.2, 0.25) is 0 Å². The number of ketones is 1. The van der Waals surface area contributed by atoms with Gasteiger partial charge in [0.15, 0.2) is 22.9 Å². The zero-order chi connectivity index (χ0) is 20.9. The van der Waals surface area contributed by atoms with Gasteiger partial charge in [-0.25, -0.2) is 9.50 Å². The normalized spacial score (nSPS) is 15.6. The minimum Gasteiger partial charge on any atom is -0.493 e. The van der Waals surface area contributed by atoms with Crippen molar-refractivity contribution in [3.63, 3.8) is 0 Å². The Hall–Kier alpha value is -2.89. The fourth-order valence-corrected chi connectivity index (χ4v) is 4.17. The lowest BCUT2D eigenvalue weighted by Crippen LogP contribution is -2.29. The maximum absolute atomic E-state index is 12.7. The van der Waals surface area contributed by atoms with Gasteiger partial charge in [-0.2, -0.15) is 5.10 Å². The molecule has 0 bridgehead atoms. The van der Waals surface area contributed by atoms with Crippen LogP contribution in [-0.2, 0) is 6.42 Å². The quantitative estimate of drug-likeness (QED) is 0.643. The Morgan fingerprint density at radius 3 is 2.48 bits per heavy atom. The van der Waals surface area contributed by atoms with Crippen molar-refractivity contribution in [2.75, 3.05) is 14.2 Å². The topological polar surface area (TPSA) is 65.7 Å². The standard InChI is InChI=1S/C23H27N3O3/c1-13(2)21-20(14-7-8-18(28-5)19(9-14)29-6)22-24-12-15-16(26(22)25-21)10-23(3,4)11-17(15)27/h7-9,12-13H,10-11H2,1-6H3. The lowest BCUT2D eigenvalue weighted by atomic mass is 9.76. The van der Waals surface area contributed by atoms with E-state index in [4.69, 9.17) is 14.6 Å².